The summed E-state index contributed by atoms with van der Waals surface area (Å²) in [4.78, 5) is 23.2. The van der Waals surface area contributed by atoms with Crippen molar-refractivity contribution >= 4 is 43.4 Å². The van der Waals surface area contributed by atoms with E-state index < -0.39 is 37.0 Å². The fourth-order valence-corrected chi connectivity index (χ4v) is 3.43. The fraction of sp³-hybridized carbons (Fsp3) is 0.429. The van der Waals surface area contributed by atoms with Crippen LogP contribution in [0.5, 0.6) is 0 Å². The first-order chi connectivity index (χ1) is 11.7. The van der Waals surface area contributed by atoms with Gasteiger partial charge >= 0.3 is 0 Å². The molecule has 0 aliphatic carbocycles. The zero-order valence-electron chi connectivity index (χ0n) is 14.0. The van der Waals surface area contributed by atoms with Crippen LogP contribution in [0.15, 0.2) is 17.0 Å². The highest BCUT2D eigenvalue weighted by molar-refractivity contribution is 7.89. The van der Waals surface area contributed by atoms with Gasteiger partial charge in [0.1, 0.15) is 5.78 Å². The van der Waals surface area contributed by atoms with Gasteiger partial charge in [-0.1, -0.05) is 11.6 Å². The van der Waals surface area contributed by atoms with Gasteiger partial charge in [-0.15, -0.1) is 0 Å². The number of Topliss-reactive ketones (excluding diaryl/α,β-unsaturated/α-hetero) is 1. The Bertz CT molecular complexity index is 927. The lowest BCUT2D eigenvalue weighted by Crippen LogP contribution is -2.43. The first kappa shape index (κ1) is 22.5. The van der Waals surface area contributed by atoms with Crippen molar-refractivity contribution < 1.29 is 31.0 Å². The SMILES string of the molecule is Cc1c(Cl)cc(S(=O)(=O)O)cc1CC(=O)CC[C@H](N)C(=O)NS(C)(=O)=O. The Balaban J connectivity index is 2.80. The summed E-state index contributed by atoms with van der Waals surface area (Å²) in [5.41, 5.74) is 6.33. The maximum atomic E-state index is 12.1. The Morgan fingerprint density at radius 3 is 2.35 bits per heavy atom. The van der Waals surface area contributed by atoms with Crippen LogP contribution in [0.4, 0.5) is 0 Å². The molecule has 0 aliphatic rings. The van der Waals surface area contributed by atoms with Gasteiger partial charge in [-0.05, 0) is 36.6 Å². The Kier molecular flexibility index (Phi) is 7.31. The van der Waals surface area contributed by atoms with Crippen LogP contribution in [0.2, 0.25) is 5.02 Å². The van der Waals surface area contributed by atoms with Crippen molar-refractivity contribution in [1.29, 1.82) is 0 Å². The monoisotopic (exact) mass is 426 g/mol. The van der Waals surface area contributed by atoms with Gasteiger partial charge in [0.2, 0.25) is 15.9 Å². The van der Waals surface area contributed by atoms with E-state index in [2.05, 4.69) is 0 Å². The van der Waals surface area contributed by atoms with E-state index in [9.17, 15) is 26.4 Å². The van der Waals surface area contributed by atoms with Crippen molar-refractivity contribution in [2.24, 2.45) is 5.73 Å². The second kappa shape index (κ2) is 8.44. The first-order valence-electron chi connectivity index (χ1n) is 7.26. The predicted octanol–water partition coefficient (Wildman–Crippen LogP) is 0.190. The number of rotatable bonds is 8. The van der Waals surface area contributed by atoms with Gasteiger partial charge in [0, 0.05) is 17.9 Å². The Labute approximate surface area is 156 Å². The van der Waals surface area contributed by atoms with Crippen LogP contribution in [-0.4, -0.2) is 45.4 Å². The van der Waals surface area contributed by atoms with Gasteiger partial charge in [-0.25, -0.2) is 8.42 Å². The molecule has 0 spiro atoms. The third-order valence-corrected chi connectivity index (χ3v) is 5.26. The fourth-order valence-electron chi connectivity index (χ4n) is 2.05. The molecule has 12 heteroatoms. The topological polar surface area (TPSA) is 161 Å². The summed E-state index contributed by atoms with van der Waals surface area (Å²) in [6, 6.07) is 1.03. The summed E-state index contributed by atoms with van der Waals surface area (Å²) in [6.45, 7) is 1.59. The highest BCUT2D eigenvalue weighted by Gasteiger charge is 2.20. The second-order valence-electron chi connectivity index (χ2n) is 5.76. The van der Waals surface area contributed by atoms with Crippen LogP contribution in [0.3, 0.4) is 0 Å². The molecule has 9 nitrogen and oxygen atoms in total. The Morgan fingerprint density at radius 2 is 1.85 bits per heavy atom. The molecule has 0 saturated heterocycles. The summed E-state index contributed by atoms with van der Waals surface area (Å²) < 4.78 is 55.3. The number of benzene rings is 1. The number of halogens is 1. The molecule has 0 unspecified atom stereocenters. The zero-order valence-corrected chi connectivity index (χ0v) is 16.4. The quantitative estimate of drug-likeness (QED) is 0.496. The Hall–Kier alpha value is -1.53. The molecule has 1 aromatic rings. The number of sulfonamides is 1. The normalized spacial score (nSPS) is 13.3. The van der Waals surface area contributed by atoms with E-state index in [4.69, 9.17) is 21.9 Å². The molecule has 0 aliphatic heterocycles. The predicted molar refractivity (Wildman–Crippen MR) is 94.9 cm³/mol. The van der Waals surface area contributed by atoms with Crippen molar-refractivity contribution in [1.82, 2.24) is 4.72 Å². The van der Waals surface area contributed by atoms with Crippen molar-refractivity contribution in [3.63, 3.8) is 0 Å². The molecule has 0 aromatic heterocycles. The van der Waals surface area contributed by atoms with E-state index >= 15 is 0 Å². The van der Waals surface area contributed by atoms with Gasteiger partial charge in [-0.3, -0.25) is 18.9 Å². The molecule has 146 valence electrons. The summed E-state index contributed by atoms with van der Waals surface area (Å²) >= 11 is 5.92. The van der Waals surface area contributed by atoms with E-state index in [1.165, 1.54) is 0 Å². The molecular formula is C14H19ClN2O7S2. The molecule has 0 fully saturated rings. The lowest BCUT2D eigenvalue weighted by atomic mass is 10.00. The number of hydrogen-bond acceptors (Lipinski definition) is 7. The summed E-state index contributed by atoms with van der Waals surface area (Å²) in [6.07, 6.45) is 0.392. The van der Waals surface area contributed by atoms with E-state index in [0.29, 0.717) is 11.1 Å². The standard InChI is InChI=1S/C14H19ClN2O7S2/c1-8-9(6-11(7-12(8)15)26(22,23)24)5-10(18)3-4-13(16)14(19)17-25(2,20)21/h6-7,13H,3-5,16H2,1-2H3,(H,17,19)(H,22,23,24)/t13-/m0/s1. The second-order valence-corrected chi connectivity index (χ2v) is 9.34. The largest absolute Gasteiger partial charge is 0.320 e. The first-order valence-corrected chi connectivity index (χ1v) is 11.0. The number of nitrogens with two attached hydrogens (primary N) is 1. The highest BCUT2D eigenvalue weighted by Crippen LogP contribution is 2.25. The number of carbonyl (C=O) groups excluding carboxylic acids is 2. The molecule has 0 saturated carbocycles. The van der Waals surface area contributed by atoms with Gasteiger partial charge in [0.05, 0.1) is 17.2 Å². The third kappa shape index (κ3) is 7.00. The molecule has 26 heavy (non-hydrogen) atoms. The minimum atomic E-state index is -4.48. The lowest BCUT2D eigenvalue weighted by molar-refractivity contribution is -0.121. The number of carbonyl (C=O) groups is 2. The maximum Gasteiger partial charge on any atom is 0.294 e. The summed E-state index contributed by atoms with van der Waals surface area (Å²) in [5, 5.41) is 0.0761. The van der Waals surface area contributed by atoms with E-state index in [1.807, 2.05) is 0 Å². The van der Waals surface area contributed by atoms with Crippen LogP contribution >= 0.6 is 11.6 Å². The molecule has 1 aromatic carbocycles. The Morgan fingerprint density at radius 1 is 1.27 bits per heavy atom. The van der Waals surface area contributed by atoms with Crippen molar-refractivity contribution in [2.45, 2.75) is 37.1 Å². The van der Waals surface area contributed by atoms with Gasteiger partial charge < -0.3 is 5.73 Å². The molecule has 0 heterocycles. The summed E-state index contributed by atoms with van der Waals surface area (Å²) in [5.74, 6) is -1.29. The van der Waals surface area contributed by atoms with E-state index in [0.717, 1.165) is 18.4 Å². The van der Waals surface area contributed by atoms with Crippen LogP contribution < -0.4 is 10.5 Å². The smallest absolute Gasteiger partial charge is 0.294 e. The van der Waals surface area contributed by atoms with Gasteiger partial charge in [0.25, 0.3) is 10.1 Å². The van der Waals surface area contributed by atoms with Gasteiger partial charge in [0.15, 0.2) is 0 Å². The minimum Gasteiger partial charge on any atom is -0.320 e. The summed E-state index contributed by atoms with van der Waals surface area (Å²) in [7, 11) is -8.22. The van der Waals surface area contributed by atoms with Crippen LogP contribution in [0, 0.1) is 6.92 Å². The number of hydrogen-bond donors (Lipinski definition) is 3. The number of nitrogens with one attached hydrogen (secondary N) is 1. The van der Waals surface area contributed by atoms with E-state index in [1.54, 1.807) is 11.6 Å². The van der Waals surface area contributed by atoms with Crippen LogP contribution in [0.25, 0.3) is 0 Å². The molecular weight excluding hydrogens is 408 g/mol. The van der Waals surface area contributed by atoms with Crippen LogP contribution in [-0.2, 0) is 36.2 Å². The zero-order chi connectivity index (χ0) is 20.3. The minimum absolute atomic E-state index is 0.0761. The molecule has 4 N–H and O–H groups in total. The number of ketones is 1. The number of amides is 1. The maximum absolute atomic E-state index is 12.1. The molecule has 0 radical (unpaired) electrons. The highest BCUT2D eigenvalue weighted by atomic mass is 35.5. The van der Waals surface area contributed by atoms with Crippen molar-refractivity contribution in [3.05, 3.63) is 28.3 Å². The molecule has 1 amide bonds. The third-order valence-electron chi connectivity index (χ3n) is 3.47. The average molecular weight is 427 g/mol. The van der Waals surface area contributed by atoms with Gasteiger partial charge in [-0.2, -0.15) is 8.42 Å². The van der Waals surface area contributed by atoms with Crippen LogP contribution in [0.1, 0.15) is 24.0 Å². The molecule has 1 rings (SSSR count). The van der Waals surface area contributed by atoms with E-state index in [-0.39, 0.29) is 30.1 Å². The molecule has 0 bridgehead atoms. The lowest BCUT2D eigenvalue weighted by Gasteiger charge is -2.12. The average Bonchev–Trinajstić information content (AvgIpc) is 2.46. The van der Waals surface area contributed by atoms with Crippen molar-refractivity contribution in [2.75, 3.05) is 6.26 Å². The van der Waals surface area contributed by atoms with Crippen molar-refractivity contribution in [3.8, 4) is 0 Å². The molecule has 1 atom stereocenters.